The van der Waals surface area contributed by atoms with Crippen molar-refractivity contribution in [3.8, 4) is 0 Å². The lowest BCUT2D eigenvalue weighted by atomic mass is 10.3. The van der Waals surface area contributed by atoms with Crippen LogP contribution in [0.4, 0.5) is 0 Å². The molecule has 2 aromatic rings. The van der Waals surface area contributed by atoms with Crippen molar-refractivity contribution in [3.63, 3.8) is 0 Å². The van der Waals surface area contributed by atoms with E-state index >= 15 is 0 Å². The summed E-state index contributed by atoms with van der Waals surface area (Å²) in [7, 11) is 0. The minimum absolute atomic E-state index is 0.159. The molecular weight excluding hydrogens is 272 g/mol. The highest BCUT2D eigenvalue weighted by Gasteiger charge is 2.15. The summed E-state index contributed by atoms with van der Waals surface area (Å²) in [5.41, 5.74) is 1.18. The van der Waals surface area contributed by atoms with Crippen LogP contribution in [0.1, 0.15) is 34.2 Å². The van der Waals surface area contributed by atoms with Gasteiger partial charge in [-0.05, 0) is 26.0 Å². The normalized spacial score (nSPS) is 12.2. The first-order valence-corrected chi connectivity index (χ1v) is 6.54. The summed E-state index contributed by atoms with van der Waals surface area (Å²) in [5, 5.41) is 13.2. The highest BCUT2D eigenvalue weighted by atomic mass is 35.5. The Balaban J connectivity index is 2.05. The molecule has 1 N–H and O–H groups in total. The molecule has 0 saturated heterocycles. The standard InChI is InChI=1S/C11H11ClN4OS/c1-6-5-18-11(13-6)7(2)14-10(17)8-3-4-9(12)16-15-8/h3-5,7H,1-2H3,(H,14,17). The smallest absolute Gasteiger partial charge is 0.272 e. The van der Waals surface area contributed by atoms with E-state index in [0.717, 1.165) is 10.7 Å². The highest BCUT2D eigenvalue weighted by Crippen LogP contribution is 2.17. The first-order valence-electron chi connectivity index (χ1n) is 5.28. The summed E-state index contributed by atoms with van der Waals surface area (Å²) in [6.07, 6.45) is 0. The number of hydrogen-bond donors (Lipinski definition) is 1. The predicted molar refractivity (Wildman–Crippen MR) is 69.8 cm³/mol. The van der Waals surface area contributed by atoms with Crippen molar-refractivity contribution < 1.29 is 4.79 Å². The number of hydrogen-bond acceptors (Lipinski definition) is 5. The first-order chi connectivity index (χ1) is 8.56. The number of aromatic nitrogens is 3. The third-order valence-corrected chi connectivity index (χ3v) is 3.57. The van der Waals surface area contributed by atoms with Crippen LogP contribution in [-0.4, -0.2) is 21.1 Å². The molecule has 0 aromatic carbocycles. The Labute approximate surface area is 113 Å². The Bertz CT molecular complexity index is 554. The lowest BCUT2D eigenvalue weighted by molar-refractivity contribution is 0.0933. The second-order valence-electron chi connectivity index (χ2n) is 3.76. The molecule has 18 heavy (non-hydrogen) atoms. The molecule has 1 atom stereocenters. The average Bonchev–Trinajstić information content (AvgIpc) is 2.76. The zero-order valence-electron chi connectivity index (χ0n) is 9.85. The lowest BCUT2D eigenvalue weighted by Crippen LogP contribution is -2.27. The number of amides is 1. The van der Waals surface area contributed by atoms with E-state index in [2.05, 4.69) is 20.5 Å². The van der Waals surface area contributed by atoms with Gasteiger partial charge in [0, 0.05) is 11.1 Å². The van der Waals surface area contributed by atoms with Gasteiger partial charge in [-0.15, -0.1) is 21.5 Å². The Morgan fingerprint density at radius 3 is 2.78 bits per heavy atom. The molecule has 2 rings (SSSR count). The third kappa shape index (κ3) is 3.02. The van der Waals surface area contributed by atoms with Crippen molar-refractivity contribution in [2.75, 3.05) is 0 Å². The number of rotatable bonds is 3. The van der Waals surface area contributed by atoms with Crippen LogP contribution < -0.4 is 5.32 Å². The first kappa shape index (κ1) is 12.9. The molecule has 1 amide bonds. The van der Waals surface area contributed by atoms with E-state index in [1.807, 2.05) is 19.2 Å². The Morgan fingerprint density at radius 1 is 1.44 bits per heavy atom. The number of nitrogens with one attached hydrogen (secondary N) is 1. The fourth-order valence-electron chi connectivity index (χ4n) is 1.34. The van der Waals surface area contributed by atoms with Crippen molar-refractivity contribution in [2.24, 2.45) is 0 Å². The summed E-state index contributed by atoms with van der Waals surface area (Å²) < 4.78 is 0. The van der Waals surface area contributed by atoms with Crippen LogP contribution in [0, 0.1) is 6.92 Å². The molecule has 1 unspecified atom stereocenters. The minimum Gasteiger partial charge on any atom is -0.342 e. The van der Waals surface area contributed by atoms with Crippen molar-refractivity contribution in [3.05, 3.63) is 39.1 Å². The molecule has 0 fully saturated rings. The van der Waals surface area contributed by atoms with Gasteiger partial charge in [-0.25, -0.2) is 4.98 Å². The monoisotopic (exact) mass is 282 g/mol. The van der Waals surface area contributed by atoms with E-state index in [0.29, 0.717) is 0 Å². The van der Waals surface area contributed by atoms with Crippen LogP contribution in [0.3, 0.4) is 0 Å². The van der Waals surface area contributed by atoms with Gasteiger partial charge < -0.3 is 5.32 Å². The zero-order chi connectivity index (χ0) is 13.1. The van der Waals surface area contributed by atoms with Gasteiger partial charge in [-0.2, -0.15) is 0 Å². The molecule has 94 valence electrons. The lowest BCUT2D eigenvalue weighted by Gasteiger charge is -2.10. The number of nitrogens with zero attached hydrogens (tertiary/aromatic N) is 3. The topological polar surface area (TPSA) is 67.8 Å². The second-order valence-corrected chi connectivity index (χ2v) is 5.04. The number of thiazole rings is 1. The third-order valence-electron chi connectivity index (χ3n) is 2.22. The molecule has 0 aliphatic rings. The second kappa shape index (κ2) is 5.41. The van der Waals surface area contributed by atoms with Gasteiger partial charge in [0.05, 0.1) is 6.04 Å². The predicted octanol–water partition coefficient (Wildman–Crippen LogP) is 2.39. The highest BCUT2D eigenvalue weighted by molar-refractivity contribution is 7.09. The molecule has 0 saturated carbocycles. The summed E-state index contributed by atoms with van der Waals surface area (Å²) >= 11 is 7.12. The van der Waals surface area contributed by atoms with Crippen LogP contribution in [0.15, 0.2) is 17.5 Å². The maximum Gasteiger partial charge on any atom is 0.272 e. The zero-order valence-corrected chi connectivity index (χ0v) is 11.4. The summed E-state index contributed by atoms with van der Waals surface area (Å²) in [5.74, 6) is -0.292. The van der Waals surface area contributed by atoms with Gasteiger partial charge >= 0.3 is 0 Å². The van der Waals surface area contributed by atoms with Crippen LogP contribution in [0.5, 0.6) is 0 Å². The molecule has 0 spiro atoms. The summed E-state index contributed by atoms with van der Waals surface area (Å²) in [4.78, 5) is 16.2. The van der Waals surface area contributed by atoms with Crippen LogP contribution in [0.25, 0.3) is 0 Å². The molecular formula is C11H11ClN4OS. The number of halogens is 1. The SMILES string of the molecule is Cc1csc(C(C)NC(=O)c2ccc(Cl)nn2)n1. The fraction of sp³-hybridized carbons (Fsp3) is 0.273. The van der Waals surface area contributed by atoms with Gasteiger partial charge in [-0.3, -0.25) is 4.79 Å². The largest absolute Gasteiger partial charge is 0.342 e. The molecule has 0 bridgehead atoms. The maximum atomic E-state index is 11.9. The van der Waals surface area contributed by atoms with E-state index in [4.69, 9.17) is 11.6 Å². The molecule has 2 aromatic heterocycles. The molecule has 5 nitrogen and oxygen atoms in total. The van der Waals surface area contributed by atoms with E-state index in [9.17, 15) is 4.79 Å². The quantitative estimate of drug-likeness (QED) is 0.938. The number of carbonyl (C=O) groups is 1. The van der Waals surface area contributed by atoms with Gasteiger partial charge in [0.2, 0.25) is 0 Å². The number of aryl methyl sites for hydroxylation is 1. The van der Waals surface area contributed by atoms with E-state index in [1.54, 1.807) is 0 Å². The molecule has 0 aliphatic carbocycles. The maximum absolute atomic E-state index is 11.9. The van der Waals surface area contributed by atoms with Gasteiger partial charge in [-0.1, -0.05) is 11.6 Å². The van der Waals surface area contributed by atoms with Crippen LogP contribution in [-0.2, 0) is 0 Å². The molecule has 7 heteroatoms. The molecule has 0 aliphatic heterocycles. The van der Waals surface area contributed by atoms with Crippen molar-refractivity contribution >= 4 is 28.8 Å². The van der Waals surface area contributed by atoms with Crippen molar-refractivity contribution in [1.29, 1.82) is 0 Å². The molecule has 0 radical (unpaired) electrons. The Kier molecular flexibility index (Phi) is 3.88. The van der Waals surface area contributed by atoms with Gasteiger partial charge in [0.25, 0.3) is 5.91 Å². The summed E-state index contributed by atoms with van der Waals surface area (Å²) in [6.45, 7) is 3.79. The van der Waals surface area contributed by atoms with E-state index in [1.165, 1.54) is 23.5 Å². The van der Waals surface area contributed by atoms with Gasteiger partial charge in [0.15, 0.2) is 10.8 Å². The average molecular weight is 283 g/mol. The van der Waals surface area contributed by atoms with E-state index in [-0.39, 0.29) is 22.8 Å². The van der Waals surface area contributed by atoms with Gasteiger partial charge in [0.1, 0.15) is 5.01 Å². The van der Waals surface area contributed by atoms with Crippen LogP contribution >= 0.6 is 22.9 Å². The van der Waals surface area contributed by atoms with Crippen molar-refractivity contribution in [2.45, 2.75) is 19.9 Å². The van der Waals surface area contributed by atoms with Crippen LogP contribution in [0.2, 0.25) is 5.15 Å². The molecule has 2 heterocycles. The summed E-state index contributed by atoms with van der Waals surface area (Å²) in [6, 6.07) is 2.90. The fourth-order valence-corrected chi connectivity index (χ4v) is 2.25. The van der Waals surface area contributed by atoms with Crippen molar-refractivity contribution in [1.82, 2.24) is 20.5 Å². The Morgan fingerprint density at radius 2 is 2.22 bits per heavy atom. The van der Waals surface area contributed by atoms with E-state index < -0.39 is 0 Å². The number of carbonyl (C=O) groups excluding carboxylic acids is 1. The minimum atomic E-state index is -0.292. The Hall–Kier alpha value is -1.53.